The van der Waals surface area contributed by atoms with Crippen molar-refractivity contribution in [3.8, 4) is 11.6 Å². The van der Waals surface area contributed by atoms with E-state index in [1.807, 2.05) is 0 Å². The molecule has 2 rings (SSSR count). The van der Waals surface area contributed by atoms with E-state index in [0.717, 1.165) is 0 Å². The molecular weight excluding hydrogens is 294 g/mol. The molecule has 21 heavy (non-hydrogen) atoms. The summed E-state index contributed by atoms with van der Waals surface area (Å²) in [4.78, 5) is 15.7. The lowest BCUT2D eigenvalue weighted by molar-refractivity contribution is 0.0450. The number of halogens is 1. The van der Waals surface area contributed by atoms with Gasteiger partial charge >= 0.3 is 5.97 Å². The molecule has 6 heteroatoms. The molecule has 0 N–H and O–H groups in total. The highest BCUT2D eigenvalue weighted by atomic mass is 35.5. The number of nitrogens with zero attached hydrogens (tertiary/aromatic N) is 1. The molecule has 0 atom stereocenters. The van der Waals surface area contributed by atoms with Crippen LogP contribution in [0.1, 0.15) is 10.4 Å². The van der Waals surface area contributed by atoms with Crippen LogP contribution in [0.3, 0.4) is 0 Å². The summed E-state index contributed by atoms with van der Waals surface area (Å²) < 4.78 is 15.4. The standard InChI is InChI=1S/C15H14ClNO4/c1-19-14-7-2-11(10-17-14)15(18)21-9-8-20-13-5-3-12(16)4-6-13/h2-7,10H,8-9H2,1H3. The van der Waals surface area contributed by atoms with Crippen molar-refractivity contribution >= 4 is 17.6 Å². The van der Waals surface area contributed by atoms with Crippen LogP contribution in [0.15, 0.2) is 42.6 Å². The lowest BCUT2D eigenvalue weighted by Gasteiger charge is -2.07. The fourth-order valence-corrected chi connectivity index (χ4v) is 1.66. The largest absolute Gasteiger partial charge is 0.490 e. The number of methoxy groups -OCH3 is 1. The highest BCUT2D eigenvalue weighted by molar-refractivity contribution is 6.30. The van der Waals surface area contributed by atoms with Crippen molar-refractivity contribution in [2.75, 3.05) is 20.3 Å². The van der Waals surface area contributed by atoms with E-state index >= 15 is 0 Å². The van der Waals surface area contributed by atoms with Gasteiger partial charge in [-0.15, -0.1) is 0 Å². The molecule has 0 radical (unpaired) electrons. The van der Waals surface area contributed by atoms with E-state index in [0.29, 0.717) is 22.2 Å². The summed E-state index contributed by atoms with van der Waals surface area (Å²) >= 11 is 5.76. The summed E-state index contributed by atoms with van der Waals surface area (Å²) in [6.07, 6.45) is 1.40. The summed E-state index contributed by atoms with van der Waals surface area (Å²) in [7, 11) is 1.51. The molecule has 5 nitrogen and oxygen atoms in total. The second-order valence-electron chi connectivity index (χ2n) is 4.03. The van der Waals surface area contributed by atoms with Crippen LogP contribution < -0.4 is 9.47 Å². The van der Waals surface area contributed by atoms with Gasteiger partial charge in [0.15, 0.2) is 0 Å². The van der Waals surface area contributed by atoms with Gasteiger partial charge in [0.25, 0.3) is 0 Å². The minimum Gasteiger partial charge on any atom is -0.490 e. The molecule has 1 aromatic heterocycles. The molecule has 0 spiro atoms. The molecule has 1 aromatic carbocycles. The molecule has 0 aliphatic heterocycles. The summed E-state index contributed by atoms with van der Waals surface area (Å²) in [6.45, 7) is 0.407. The molecule has 0 bridgehead atoms. The smallest absolute Gasteiger partial charge is 0.339 e. The van der Waals surface area contributed by atoms with Crippen LogP contribution in [0.25, 0.3) is 0 Å². The van der Waals surface area contributed by atoms with Crippen molar-refractivity contribution < 1.29 is 19.0 Å². The monoisotopic (exact) mass is 307 g/mol. The number of hydrogen-bond donors (Lipinski definition) is 0. The fraction of sp³-hybridized carbons (Fsp3) is 0.200. The first kappa shape index (κ1) is 15.1. The maximum atomic E-state index is 11.7. The van der Waals surface area contributed by atoms with Crippen LogP contribution in [0.2, 0.25) is 5.02 Å². The molecular formula is C15H14ClNO4. The molecule has 0 amide bonds. The van der Waals surface area contributed by atoms with E-state index in [2.05, 4.69) is 4.98 Å². The Morgan fingerprint density at radius 2 is 1.90 bits per heavy atom. The third kappa shape index (κ3) is 4.65. The molecule has 2 aromatic rings. The Labute approximate surface area is 127 Å². The molecule has 0 aliphatic rings. The van der Waals surface area contributed by atoms with Crippen LogP contribution in [0.4, 0.5) is 0 Å². The van der Waals surface area contributed by atoms with E-state index in [9.17, 15) is 4.79 Å². The van der Waals surface area contributed by atoms with Gasteiger partial charge in [-0.2, -0.15) is 0 Å². The second kappa shape index (κ2) is 7.50. The highest BCUT2D eigenvalue weighted by Gasteiger charge is 2.07. The summed E-state index contributed by atoms with van der Waals surface area (Å²) in [5.74, 6) is 0.657. The zero-order valence-electron chi connectivity index (χ0n) is 11.4. The molecule has 1 heterocycles. The maximum absolute atomic E-state index is 11.7. The molecule has 0 saturated carbocycles. The first-order chi connectivity index (χ1) is 10.2. The first-order valence-electron chi connectivity index (χ1n) is 6.24. The van der Waals surface area contributed by atoms with E-state index in [1.54, 1.807) is 36.4 Å². The molecule has 0 aliphatic carbocycles. The number of aromatic nitrogens is 1. The first-order valence-corrected chi connectivity index (χ1v) is 6.62. The summed E-state index contributed by atoms with van der Waals surface area (Å²) in [6, 6.07) is 10.1. The van der Waals surface area contributed by atoms with Gasteiger partial charge in [-0.3, -0.25) is 0 Å². The van der Waals surface area contributed by atoms with E-state index in [1.165, 1.54) is 13.3 Å². The van der Waals surface area contributed by atoms with Crippen molar-refractivity contribution in [1.82, 2.24) is 4.98 Å². The van der Waals surface area contributed by atoms with Gasteiger partial charge in [0.2, 0.25) is 5.88 Å². The minimum atomic E-state index is -0.454. The third-order valence-corrected chi connectivity index (χ3v) is 2.83. The Hall–Kier alpha value is -2.27. The molecule has 0 saturated heterocycles. The summed E-state index contributed by atoms with van der Waals surface area (Å²) in [5.41, 5.74) is 0.363. The number of carbonyl (C=O) groups is 1. The number of pyridine rings is 1. The van der Waals surface area contributed by atoms with Gasteiger partial charge < -0.3 is 14.2 Å². The Morgan fingerprint density at radius 3 is 2.52 bits per heavy atom. The minimum absolute atomic E-state index is 0.146. The number of benzene rings is 1. The molecule has 110 valence electrons. The third-order valence-electron chi connectivity index (χ3n) is 2.58. The number of hydrogen-bond acceptors (Lipinski definition) is 5. The molecule has 0 unspecified atom stereocenters. The zero-order valence-corrected chi connectivity index (χ0v) is 12.2. The number of esters is 1. The lowest BCUT2D eigenvalue weighted by atomic mass is 10.3. The van der Waals surface area contributed by atoms with Gasteiger partial charge in [0.1, 0.15) is 19.0 Å². The lowest BCUT2D eigenvalue weighted by Crippen LogP contribution is -2.12. The Bertz CT molecular complexity index is 584. The Balaban J connectivity index is 1.74. The van der Waals surface area contributed by atoms with Crippen molar-refractivity contribution in [1.29, 1.82) is 0 Å². The van der Waals surface area contributed by atoms with Gasteiger partial charge in [0, 0.05) is 17.3 Å². The number of rotatable bonds is 6. The quantitative estimate of drug-likeness (QED) is 0.606. The SMILES string of the molecule is COc1ccc(C(=O)OCCOc2ccc(Cl)cc2)cn1. The van der Waals surface area contributed by atoms with E-state index in [-0.39, 0.29) is 13.2 Å². The zero-order chi connectivity index (χ0) is 15.1. The van der Waals surface area contributed by atoms with Crippen molar-refractivity contribution in [3.05, 3.63) is 53.2 Å². The van der Waals surface area contributed by atoms with Crippen LogP contribution in [0, 0.1) is 0 Å². The molecule has 0 fully saturated rings. The fourth-order valence-electron chi connectivity index (χ4n) is 1.53. The Kier molecular flexibility index (Phi) is 5.40. The van der Waals surface area contributed by atoms with Crippen molar-refractivity contribution in [2.24, 2.45) is 0 Å². The topological polar surface area (TPSA) is 57.7 Å². The van der Waals surface area contributed by atoms with Gasteiger partial charge in [0.05, 0.1) is 12.7 Å². The highest BCUT2D eigenvalue weighted by Crippen LogP contribution is 2.15. The van der Waals surface area contributed by atoms with Crippen LogP contribution in [-0.2, 0) is 4.74 Å². The van der Waals surface area contributed by atoms with Gasteiger partial charge in [-0.05, 0) is 30.3 Å². The van der Waals surface area contributed by atoms with Gasteiger partial charge in [-0.25, -0.2) is 9.78 Å². The number of carbonyl (C=O) groups excluding carboxylic acids is 1. The van der Waals surface area contributed by atoms with Crippen LogP contribution in [-0.4, -0.2) is 31.3 Å². The van der Waals surface area contributed by atoms with Crippen LogP contribution in [0.5, 0.6) is 11.6 Å². The van der Waals surface area contributed by atoms with E-state index < -0.39 is 5.97 Å². The average Bonchev–Trinajstić information content (AvgIpc) is 2.53. The second-order valence-corrected chi connectivity index (χ2v) is 4.46. The van der Waals surface area contributed by atoms with Gasteiger partial charge in [-0.1, -0.05) is 11.6 Å². The summed E-state index contributed by atoms with van der Waals surface area (Å²) in [5, 5.41) is 0.640. The predicted octanol–water partition coefficient (Wildman–Crippen LogP) is 2.98. The normalized spacial score (nSPS) is 10.0. The van der Waals surface area contributed by atoms with Crippen molar-refractivity contribution in [3.63, 3.8) is 0 Å². The average molecular weight is 308 g/mol. The maximum Gasteiger partial charge on any atom is 0.339 e. The number of ether oxygens (including phenoxy) is 3. The van der Waals surface area contributed by atoms with Crippen molar-refractivity contribution in [2.45, 2.75) is 0 Å². The van der Waals surface area contributed by atoms with E-state index in [4.69, 9.17) is 25.8 Å². The Morgan fingerprint density at radius 1 is 1.14 bits per heavy atom. The van der Waals surface area contributed by atoms with Crippen LogP contribution >= 0.6 is 11.6 Å². The predicted molar refractivity (Wildman–Crippen MR) is 78.0 cm³/mol.